The van der Waals surface area contributed by atoms with Gasteiger partial charge in [-0.3, -0.25) is 19.1 Å². The van der Waals surface area contributed by atoms with E-state index < -0.39 is 67.5 Å². The minimum Gasteiger partial charge on any atom is -0.464 e. The van der Waals surface area contributed by atoms with Gasteiger partial charge in [0, 0.05) is 49.1 Å². The fourth-order valence-corrected chi connectivity index (χ4v) is 5.79. The molecule has 0 unspecified atom stereocenters. The maximum atomic E-state index is 15.3. The zero-order valence-corrected chi connectivity index (χ0v) is 29.4. The van der Waals surface area contributed by atoms with E-state index in [0.717, 1.165) is 17.4 Å². The normalized spacial score (nSPS) is 13.6. The number of hydrogen-bond acceptors (Lipinski definition) is 9. The summed E-state index contributed by atoms with van der Waals surface area (Å²) in [6, 6.07) is 8.67. The molecule has 1 aliphatic carbocycles. The molecule has 1 saturated carbocycles. The predicted octanol–water partition coefficient (Wildman–Crippen LogP) is 3.29. The average molecular weight is 739 g/mol. The van der Waals surface area contributed by atoms with Crippen molar-refractivity contribution in [1.29, 1.82) is 0 Å². The van der Waals surface area contributed by atoms with Gasteiger partial charge in [-0.05, 0) is 60.7 Å². The van der Waals surface area contributed by atoms with E-state index in [1.807, 2.05) is 4.72 Å². The summed E-state index contributed by atoms with van der Waals surface area (Å²) in [6.07, 6.45) is 4.14. The van der Waals surface area contributed by atoms with Gasteiger partial charge in [0.25, 0.3) is 21.5 Å². The highest BCUT2D eigenvalue weighted by molar-refractivity contribution is 7.92. The molecule has 4 aromatic rings. The number of ether oxygens (including phenoxy) is 1. The van der Waals surface area contributed by atoms with Crippen LogP contribution in [0.4, 0.5) is 20.2 Å². The van der Waals surface area contributed by atoms with Crippen LogP contribution in [0.1, 0.15) is 49.5 Å². The number of anilines is 2. The molecule has 274 valence electrons. The van der Waals surface area contributed by atoms with Crippen molar-refractivity contribution in [3.63, 3.8) is 0 Å². The van der Waals surface area contributed by atoms with Gasteiger partial charge in [0.2, 0.25) is 5.91 Å². The number of aromatic nitrogens is 3. The number of esters is 1. The van der Waals surface area contributed by atoms with Crippen molar-refractivity contribution < 1.29 is 36.3 Å². The lowest BCUT2D eigenvalue weighted by Crippen LogP contribution is -2.44. The number of rotatable bonds is 12. The van der Waals surface area contributed by atoms with Crippen LogP contribution in [0.2, 0.25) is 0 Å². The molecule has 52 heavy (non-hydrogen) atoms. The van der Waals surface area contributed by atoms with Crippen LogP contribution in [0.5, 0.6) is 0 Å². The van der Waals surface area contributed by atoms with Gasteiger partial charge in [-0.2, -0.15) is 0 Å². The second kappa shape index (κ2) is 14.9. The molecule has 0 aliphatic heterocycles. The molecule has 3 N–H and O–H groups in total. The van der Waals surface area contributed by atoms with Crippen molar-refractivity contribution >= 4 is 39.2 Å². The van der Waals surface area contributed by atoms with Gasteiger partial charge >= 0.3 is 11.7 Å². The summed E-state index contributed by atoms with van der Waals surface area (Å²) in [5, 5.41) is 5.01. The Balaban J connectivity index is 1.32. The summed E-state index contributed by atoms with van der Waals surface area (Å²) in [4.78, 5) is 67.1. The van der Waals surface area contributed by atoms with Gasteiger partial charge in [0.1, 0.15) is 23.5 Å². The third-order valence-corrected chi connectivity index (χ3v) is 9.41. The van der Waals surface area contributed by atoms with Gasteiger partial charge in [-0.15, -0.1) is 0 Å². The maximum Gasteiger partial charge on any atom is 0.336 e. The van der Waals surface area contributed by atoms with Crippen LogP contribution in [-0.2, 0) is 37.8 Å². The molecule has 2 aromatic carbocycles. The second-order valence-electron chi connectivity index (χ2n) is 13.4. The number of sulfonamides is 1. The first-order valence-corrected chi connectivity index (χ1v) is 17.6. The molecule has 2 amide bonds. The molecule has 5 rings (SSSR count). The summed E-state index contributed by atoms with van der Waals surface area (Å²) in [7, 11) is -2.97. The highest BCUT2D eigenvalue weighted by atomic mass is 32.2. The zero-order valence-electron chi connectivity index (χ0n) is 28.6. The highest BCUT2D eigenvalue weighted by Gasteiger charge is 2.29. The van der Waals surface area contributed by atoms with Crippen molar-refractivity contribution in [2.45, 2.75) is 51.0 Å². The molecular formula is C35H36F2N6O8S. The molecule has 0 spiro atoms. The summed E-state index contributed by atoms with van der Waals surface area (Å²) in [5.74, 6) is -4.69. The smallest absolute Gasteiger partial charge is 0.336 e. The molecule has 2 aromatic heterocycles. The van der Waals surface area contributed by atoms with E-state index in [4.69, 9.17) is 4.74 Å². The van der Waals surface area contributed by atoms with Crippen LogP contribution >= 0.6 is 0 Å². The maximum absolute atomic E-state index is 15.3. The zero-order chi connectivity index (χ0) is 38.0. The van der Waals surface area contributed by atoms with Gasteiger partial charge in [-0.1, -0.05) is 26.8 Å². The molecule has 1 fully saturated rings. The highest BCUT2D eigenvalue weighted by Crippen LogP contribution is 2.29. The van der Waals surface area contributed by atoms with Gasteiger partial charge < -0.3 is 19.9 Å². The summed E-state index contributed by atoms with van der Waals surface area (Å²) in [6.45, 7) is 5.23. The minimum atomic E-state index is -4.43. The third kappa shape index (κ3) is 8.95. The SMILES string of the molecule is Cn1ccc(=O)n(-c2ccc(C[C@H](NC(=O)c3cc(F)c(NS(=O)(=O)c4ccc(NC(=O)C(C)(C)C)cc4)cc3F)C(=O)OCC3CC3)cn2)c1=O. The molecule has 14 nitrogen and oxygen atoms in total. The third-order valence-electron chi connectivity index (χ3n) is 8.03. The Morgan fingerprint density at radius 2 is 1.69 bits per heavy atom. The van der Waals surface area contributed by atoms with E-state index in [-0.39, 0.29) is 35.6 Å². The standard InChI is InChI=1S/C35H36F2N6O8S/c1-35(2,3)33(47)39-22-8-10-23(11-9-22)52(49,50)41-27-17-25(36)24(16-26(27)37)31(45)40-28(32(46)51-19-20-5-6-20)15-21-7-12-29(38-18-21)43-30(44)13-14-42(4)34(43)48/h7-14,16-18,20,28,41H,5-6,15,19H2,1-4H3,(H,39,47)(H,40,45)/t28-/m0/s1. The first-order valence-electron chi connectivity index (χ1n) is 16.1. The van der Waals surface area contributed by atoms with Crippen LogP contribution in [0.3, 0.4) is 0 Å². The lowest BCUT2D eigenvalue weighted by Gasteiger charge is -2.19. The number of carbonyl (C=O) groups is 3. The predicted molar refractivity (Wildman–Crippen MR) is 185 cm³/mol. The molecule has 0 saturated heterocycles. The Labute approximate surface area is 296 Å². The Kier molecular flexibility index (Phi) is 10.7. The summed E-state index contributed by atoms with van der Waals surface area (Å²) in [5.41, 5.74) is -2.83. The molecule has 1 aliphatic rings. The van der Waals surface area contributed by atoms with Crippen molar-refractivity contribution in [3.05, 3.63) is 111 Å². The van der Waals surface area contributed by atoms with Crippen LogP contribution < -0.4 is 26.6 Å². The second-order valence-corrected chi connectivity index (χ2v) is 15.0. The summed E-state index contributed by atoms with van der Waals surface area (Å²) >= 11 is 0. The lowest BCUT2D eigenvalue weighted by molar-refractivity contribution is -0.146. The first-order chi connectivity index (χ1) is 24.4. The van der Waals surface area contributed by atoms with E-state index in [1.54, 1.807) is 20.8 Å². The van der Waals surface area contributed by atoms with E-state index in [9.17, 15) is 32.4 Å². The van der Waals surface area contributed by atoms with Crippen molar-refractivity contribution in [3.8, 4) is 5.82 Å². The number of nitrogens with zero attached hydrogens (tertiary/aromatic N) is 3. The Bertz CT molecular complexity index is 2250. The number of carbonyl (C=O) groups excluding carboxylic acids is 3. The molecule has 0 bridgehead atoms. The molecule has 17 heteroatoms. The van der Waals surface area contributed by atoms with Gasteiger partial charge in [0.05, 0.1) is 22.8 Å². The number of aryl methyl sites for hydroxylation is 1. The largest absolute Gasteiger partial charge is 0.464 e. The number of hydrogen-bond donors (Lipinski definition) is 3. The molecule has 0 radical (unpaired) electrons. The van der Waals surface area contributed by atoms with E-state index in [0.29, 0.717) is 23.4 Å². The number of amides is 2. The fourth-order valence-electron chi connectivity index (χ4n) is 4.74. The molecule has 2 heterocycles. The monoisotopic (exact) mass is 738 g/mol. The van der Waals surface area contributed by atoms with E-state index in [2.05, 4.69) is 15.6 Å². The van der Waals surface area contributed by atoms with Crippen LogP contribution in [0.25, 0.3) is 5.82 Å². The number of benzene rings is 2. The van der Waals surface area contributed by atoms with Crippen LogP contribution in [0, 0.1) is 23.0 Å². The fraction of sp³-hybridized carbons (Fsp3) is 0.314. The van der Waals surface area contributed by atoms with Crippen molar-refractivity contribution in [2.75, 3.05) is 16.6 Å². The quantitative estimate of drug-likeness (QED) is 0.183. The molecule has 1 atom stereocenters. The van der Waals surface area contributed by atoms with Crippen molar-refractivity contribution in [2.24, 2.45) is 18.4 Å². The Morgan fingerprint density at radius 1 is 1.00 bits per heavy atom. The average Bonchev–Trinajstić information content (AvgIpc) is 3.92. The topological polar surface area (TPSA) is 188 Å². The Hall–Kier alpha value is -5.71. The first kappa shape index (κ1) is 37.5. The number of nitrogens with one attached hydrogen (secondary N) is 3. The van der Waals surface area contributed by atoms with Crippen molar-refractivity contribution in [1.82, 2.24) is 19.4 Å². The summed E-state index contributed by atoms with van der Waals surface area (Å²) < 4.78 is 65.8. The van der Waals surface area contributed by atoms with E-state index in [1.165, 1.54) is 66.5 Å². The minimum absolute atomic E-state index is 0.0155. The van der Waals surface area contributed by atoms with Gasteiger partial charge in [-0.25, -0.2) is 36.3 Å². The van der Waals surface area contributed by atoms with Crippen LogP contribution in [-0.4, -0.2) is 53.0 Å². The lowest BCUT2D eigenvalue weighted by atomic mass is 9.95. The van der Waals surface area contributed by atoms with Crippen LogP contribution in [0.15, 0.2) is 81.5 Å². The molecular weight excluding hydrogens is 702 g/mol. The number of pyridine rings is 1. The van der Waals surface area contributed by atoms with Gasteiger partial charge in [0.15, 0.2) is 0 Å². The van der Waals surface area contributed by atoms with E-state index >= 15 is 8.78 Å². The Morgan fingerprint density at radius 3 is 2.31 bits per heavy atom. The number of halogens is 2.